The summed E-state index contributed by atoms with van der Waals surface area (Å²) < 4.78 is 59.8. The second kappa shape index (κ2) is 8.59. The molecule has 1 aromatic heterocycles. The van der Waals surface area contributed by atoms with Crippen LogP contribution in [-0.4, -0.2) is 21.1 Å². The largest absolute Gasteiger partial charge is 0.423 e. The maximum Gasteiger partial charge on any atom is 0.417 e. The van der Waals surface area contributed by atoms with E-state index in [-0.39, 0.29) is 17.0 Å². The fourth-order valence-electron chi connectivity index (χ4n) is 3.97. The summed E-state index contributed by atoms with van der Waals surface area (Å²) in [6.07, 6.45) is -1.02. The van der Waals surface area contributed by atoms with E-state index >= 15 is 0 Å². The average molecular weight is 449 g/mol. The first-order valence-corrected chi connectivity index (χ1v) is 11.2. The number of piperidine rings is 1. The molecule has 2 aromatic carbocycles. The second-order valence-electron chi connectivity index (χ2n) is 7.86. The number of hydrogen-bond donors (Lipinski definition) is 0. The Hall–Kier alpha value is -2.45. The molecule has 1 saturated heterocycles. The number of hydrogen-bond acceptors (Lipinski definition) is 3. The summed E-state index contributed by atoms with van der Waals surface area (Å²) in [5.41, 5.74) is -0.575. The van der Waals surface area contributed by atoms with Gasteiger partial charge in [0.2, 0.25) is 0 Å². The predicted octanol–water partition coefficient (Wildman–Crippen LogP) is 5.30. The van der Waals surface area contributed by atoms with Crippen molar-refractivity contribution in [3.8, 4) is 0 Å². The number of fused-ring (bicyclic) bond motifs is 1. The minimum absolute atomic E-state index is 0.0926. The van der Waals surface area contributed by atoms with Crippen molar-refractivity contribution in [1.29, 1.82) is 0 Å². The topological polar surface area (TPSA) is 50.5 Å². The van der Waals surface area contributed by atoms with E-state index in [9.17, 15) is 22.2 Å². The lowest BCUT2D eigenvalue weighted by atomic mass is 10.0. The van der Waals surface area contributed by atoms with E-state index in [0.717, 1.165) is 36.3 Å². The summed E-state index contributed by atoms with van der Waals surface area (Å²) in [4.78, 5) is 12.2. The van der Waals surface area contributed by atoms with E-state index in [0.29, 0.717) is 18.1 Å². The third-order valence-corrected chi connectivity index (χ3v) is 7.24. The van der Waals surface area contributed by atoms with E-state index in [1.54, 1.807) is 6.07 Å². The van der Waals surface area contributed by atoms with Gasteiger partial charge in [0.25, 0.3) is 0 Å². The Bertz CT molecular complexity index is 1170. The SMILES string of the molecule is CC1CCCCN1S(=O)c1ccc(Cc2ccc3oc(=O)cc(C(F)(F)F)c3c2)cc1. The number of rotatable bonds is 4. The van der Waals surface area contributed by atoms with Gasteiger partial charge in [0.1, 0.15) is 16.6 Å². The molecule has 2 unspecified atom stereocenters. The van der Waals surface area contributed by atoms with Crippen LogP contribution in [0.15, 0.2) is 62.6 Å². The average Bonchev–Trinajstić information content (AvgIpc) is 2.73. The molecule has 0 saturated carbocycles. The molecule has 0 N–H and O–H groups in total. The van der Waals surface area contributed by atoms with Crippen LogP contribution in [-0.2, 0) is 23.6 Å². The van der Waals surface area contributed by atoms with Gasteiger partial charge >= 0.3 is 11.8 Å². The van der Waals surface area contributed by atoms with E-state index in [1.165, 1.54) is 12.1 Å². The highest BCUT2D eigenvalue weighted by molar-refractivity contribution is 7.82. The lowest BCUT2D eigenvalue weighted by molar-refractivity contribution is -0.136. The lowest BCUT2D eigenvalue weighted by Crippen LogP contribution is -2.38. The molecule has 3 aromatic rings. The van der Waals surface area contributed by atoms with Crippen LogP contribution in [0.2, 0.25) is 0 Å². The maximum atomic E-state index is 13.3. The Morgan fingerprint density at radius 3 is 2.45 bits per heavy atom. The minimum Gasteiger partial charge on any atom is -0.423 e. The molecule has 2 heterocycles. The second-order valence-corrected chi connectivity index (χ2v) is 9.30. The Kier molecular flexibility index (Phi) is 6.03. The summed E-state index contributed by atoms with van der Waals surface area (Å²) >= 11 is 0. The van der Waals surface area contributed by atoms with Gasteiger partial charge in [0, 0.05) is 24.0 Å². The standard InChI is InChI=1S/C23H22F3NO3S/c1-15-4-2-3-11-27(15)31(29)18-8-5-16(6-9-18)12-17-7-10-21-19(13-17)20(23(24,25)26)14-22(28)30-21/h5-10,13-15H,2-4,11-12H2,1H3. The Balaban J connectivity index is 1.57. The van der Waals surface area contributed by atoms with Crippen molar-refractivity contribution in [2.24, 2.45) is 0 Å². The summed E-state index contributed by atoms with van der Waals surface area (Å²) in [6, 6.07) is 12.5. The third kappa shape index (κ3) is 4.75. The lowest BCUT2D eigenvalue weighted by Gasteiger charge is -2.31. The molecule has 1 aliphatic heterocycles. The predicted molar refractivity (Wildman–Crippen MR) is 113 cm³/mol. The number of nitrogens with zero attached hydrogens (tertiary/aromatic N) is 1. The zero-order valence-electron chi connectivity index (χ0n) is 16.9. The monoisotopic (exact) mass is 449 g/mol. The molecule has 1 aliphatic rings. The van der Waals surface area contributed by atoms with Crippen LogP contribution in [0.3, 0.4) is 0 Å². The molecule has 31 heavy (non-hydrogen) atoms. The van der Waals surface area contributed by atoms with Gasteiger partial charge in [0.05, 0.1) is 10.5 Å². The molecule has 164 valence electrons. The summed E-state index contributed by atoms with van der Waals surface area (Å²) in [5.74, 6) is 0. The fraction of sp³-hybridized carbons (Fsp3) is 0.348. The van der Waals surface area contributed by atoms with E-state index in [1.807, 2.05) is 28.6 Å². The maximum absolute atomic E-state index is 13.3. The van der Waals surface area contributed by atoms with Crippen LogP contribution in [0.5, 0.6) is 0 Å². The molecule has 0 radical (unpaired) electrons. The van der Waals surface area contributed by atoms with Crippen molar-refractivity contribution in [3.05, 3.63) is 75.6 Å². The van der Waals surface area contributed by atoms with Crippen molar-refractivity contribution in [2.75, 3.05) is 6.54 Å². The smallest absolute Gasteiger partial charge is 0.417 e. The molecule has 4 nitrogen and oxygen atoms in total. The van der Waals surface area contributed by atoms with Gasteiger partial charge in [-0.05, 0) is 61.6 Å². The Morgan fingerprint density at radius 1 is 1.06 bits per heavy atom. The van der Waals surface area contributed by atoms with Crippen LogP contribution < -0.4 is 5.63 Å². The quantitative estimate of drug-likeness (QED) is 0.508. The van der Waals surface area contributed by atoms with Crippen molar-refractivity contribution in [1.82, 2.24) is 4.31 Å². The van der Waals surface area contributed by atoms with Crippen molar-refractivity contribution >= 4 is 22.0 Å². The molecule has 0 bridgehead atoms. The first-order valence-electron chi connectivity index (χ1n) is 10.1. The summed E-state index contributed by atoms with van der Waals surface area (Å²) in [5, 5.41) is -0.138. The number of halogens is 3. The van der Waals surface area contributed by atoms with Gasteiger partial charge in [-0.2, -0.15) is 13.2 Å². The van der Waals surface area contributed by atoms with Gasteiger partial charge < -0.3 is 4.42 Å². The molecule has 0 amide bonds. The van der Waals surface area contributed by atoms with E-state index in [2.05, 4.69) is 6.92 Å². The highest BCUT2D eigenvalue weighted by Gasteiger charge is 2.34. The van der Waals surface area contributed by atoms with Crippen LogP contribution in [0, 0.1) is 0 Å². The van der Waals surface area contributed by atoms with Crippen molar-refractivity contribution in [2.45, 2.75) is 49.7 Å². The molecular weight excluding hydrogens is 427 g/mol. The fourth-order valence-corrected chi connectivity index (χ4v) is 5.33. The molecule has 8 heteroatoms. The van der Waals surface area contributed by atoms with Crippen LogP contribution in [0.25, 0.3) is 11.0 Å². The zero-order chi connectivity index (χ0) is 22.2. The highest BCUT2D eigenvalue weighted by atomic mass is 32.2. The molecule has 2 atom stereocenters. The Labute approximate surface area is 180 Å². The van der Waals surface area contributed by atoms with Crippen molar-refractivity contribution in [3.63, 3.8) is 0 Å². The Morgan fingerprint density at radius 2 is 1.77 bits per heavy atom. The highest BCUT2D eigenvalue weighted by Crippen LogP contribution is 2.34. The first kappa shape index (κ1) is 21.8. The molecule has 4 rings (SSSR count). The minimum atomic E-state index is -4.65. The normalized spacial score (nSPS) is 18.9. The van der Waals surface area contributed by atoms with E-state index in [4.69, 9.17) is 4.42 Å². The molecular formula is C23H22F3NO3S. The summed E-state index contributed by atoms with van der Waals surface area (Å²) in [6.45, 7) is 2.90. The van der Waals surface area contributed by atoms with Crippen LogP contribution in [0.1, 0.15) is 42.9 Å². The van der Waals surface area contributed by atoms with Crippen LogP contribution >= 0.6 is 0 Å². The molecule has 0 spiro atoms. The van der Waals surface area contributed by atoms with Gasteiger partial charge in [-0.15, -0.1) is 0 Å². The number of alkyl halides is 3. The molecule has 1 fully saturated rings. The third-order valence-electron chi connectivity index (χ3n) is 5.60. The molecule has 0 aliphatic carbocycles. The van der Waals surface area contributed by atoms with Gasteiger partial charge in [-0.1, -0.05) is 24.6 Å². The van der Waals surface area contributed by atoms with Crippen LogP contribution in [0.4, 0.5) is 13.2 Å². The van der Waals surface area contributed by atoms with Gasteiger partial charge in [0.15, 0.2) is 0 Å². The van der Waals surface area contributed by atoms with Crippen molar-refractivity contribution < 1.29 is 21.8 Å². The van der Waals surface area contributed by atoms with Gasteiger partial charge in [-0.25, -0.2) is 13.3 Å². The number of benzene rings is 2. The van der Waals surface area contributed by atoms with E-state index < -0.39 is 28.4 Å². The van der Waals surface area contributed by atoms with Gasteiger partial charge in [-0.3, -0.25) is 0 Å². The first-order chi connectivity index (χ1) is 14.7. The zero-order valence-corrected chi connectivity index (χ0v) is 17.8. The summed E-state index contributed by atoms with van der Waals surface area (Å²) in [7, 11) is -1.22.